The number of halogens is 2. The lowest BCUT2D eigenvalue weighted by atomic mass is 9.96. The third kappa shape index (κ3) is 3.08. The van der Waals surface area contributed by atoms with Gasteiger partial charge in [0.15, 0.2) is 0 Å². The van der Waals surface area contributed by atoms with Crippen LogP contribution in [0.25, 0.3) is 0 Å². The number of hydrogen-bond donors (Lipinski definition) is 0. The molecule has 0 aromatic heterocycles. The highest BCUT2D eigenvalue weighted by atomic mass is 19.1. The summed E-state index contributed by atoms with van der Waals surface area (Å²) in [6.07, 6.45) is 0.907. The molecule has 0 radical (unpaired) electrons. The summed E-state index contributed by atoms with van der Waals surface area (Å²) >= 11 is 0. The van der Waals surface area contributed by atoms with Gasteiger partial charge in [-0.3, -0.25) is 4.79 Å². The molecule has 0 spiro atoms. The first-order valence-electron chi connectivity index (χ1n) is 8.01. The Morgan fingerprint density at radius 1 is 1.23 bits per heavy atom. The molecule has 2 aromatic carbocycles. The molecule has 3 rings (SSSR count). The summed E-state index contributed by atoms with van der Waals surface area (Å²) < 4.78 is 33.7. The predicted molar refractivity (Wildman–Crippen MR) is 89.9 cm³/mol. The summed E-state index contributed by atoms with van der Waals surface area (Å²) in [4.78, 5) is 23.2. The lowest BCUT2D eigenvalue weighted by Crippen LogP contribution is -2.44. The minimum Gasteiger partial charge on any atom is -0.443 e. The SMILES string of the molecule is CC(=O)N1N=C(c2cc(F)ccc2F)OC1(CCC=O)c1ccccc1. The summed E-state index contributed by atoms with van der Waals surface area (Å²) in [5.41, 5.74) is -1.02. The van der Waals surface area contributed by atoms with Gasteiger partial charge < -0.3 is 9.53 Å². The van der Waals surface area contributed by atoms with Crippen LogP contribution in [-0.4, -0.2) is 23.1 Å². The second kappa shape index (κ2) is 7.03. The molecule has 0 bridgehead atoms. The summed E-state index contributed by atoms with van der Waals surface area (Å²) in [7, 11) is 0. The van der Waals surface area contributed by atoms with Crippen molar-refractivity contribution < 1.29 is 23.1 Å². The number of nitrogens with zero attached hydrogens (tertiary/aromatic N) is 2. The van der Waals surface area contributed by atoms with Gasteiger partial charge in [-0.15, -0.1) is 5.10 Å². The van der Waals surface area contributed by atoms with Crippen molar-refractivity contribution in [3.05, 3.63) is 71.3 Å². The number of hydrogen-bond acceptors (Lipinski definition) is 4. The Morgan fingerprint density at radius 3 is 2.62 bits per heavy atom. The molecule has 0 fully saturated rings. The van der Waals surface area contributed by atoms with E-state index in [-0.39, 0.29) is 24.3 Å². The highest BCUT2D eigenvalue weighted by molar-refractivity contribution is 5.97. The fraction of sp³-hybridized carbons (Fsp3) is 0.211. The zero-order valence-corrected chi connectivity index (χ0v) is 14.0. The minimum atomic E-state index is -1.40. The molecule has 1 amide bonds. The van der Waals surface area contributed by atoms with E-state index in [0.29, 0.717) is 11.8 Å². The maximum atomic E-state index is 14.2. The second-order valence-corrected chi connectivity index (χ2v) is 5.82. The molecule has 1 aliphatic rings. The second-order valence-electron chi connectivity index (χ2n) is 5.82. The molecule has 1 aliphatic heterocycles. The molecule has 0 saturated carbocycles. The molecule has 5 nitrogen and oxygen atoms in total. The summed E-state index contributed by atoms with van der Waals surface area (Å²) in [6, 6.07) is 11.6. The summed E-state index contributed by atoms with van der Waals surface area (Å²) in [5.74, 6) is -2.06. The van der Waals surface area contributed by atoms with Crippen molar-refractivity contribution in [3.8, 4) is 0 Å². The van der Waals surface area contributed by atoms with E-state index in [1.54, 1.807) is 30.3 Å². The fourth-order valence-corrected chi connectivity index (χ4v) is 2.93. The van der Waals surface area contributed by atoms with Gasteiger partial charge in [0.1, 0.15) is 17.9 Å². The van der Waals surface area contributed by atoms with E-state index in [9.17, 15) is 18.4 Å². The summed E-state index contributed by atoms with van der Waals surface area (Å²) in [6.45, 7) is 1.29. The number of hydrazone groups is 1. The Morgan fingerprint density at radius 2 is 1.96 bits per heavy atom. The lowest BCUT2D eigenvalue weighted by Gasteiger charge is -2.34. The monoisotopic (exact) mass is 358 g/mol. The van der Waals surface area contributed by atoms with Gasteiger partial charge >= 0.3 is 0 Å². The van der Waals surface area contributed by atoms with Gasteiger partial charge in [0, 0.05) is 25.3 Å². The summed E-state index contributed by atoms with van der Waals surface area (Å²) in [5, 5.41) is 5.17. The Balaban J connectivity index is 2.12. The van der Waals surface area contributed by atoms with Crippen LogP contribution in [-0.2, 0) is 20.1 Å². The number of carbonyl (C=O) groups excluding carboxylic acids is 2. The van der Waals surface area contributed by atoms with E-state index < -0.39 is 23.3 Å². The topological polar surface area (TPSA) is 59.0 Å². The van der Waals surface area contributed by atoms with E-state index in [1.165, 1.54) is 6.92 Å². The van der Waals surface area contributed by atoms with Gasteiger partial charge in [-0.05, 0) is 18.2 Å². The fourth-order valence-electron chi connectivity index (χ4n) is 2.93. The van der Waals surface area contributed by atoms with Crippen molar-refractivity contribution in [1.29, 1.82) is 0 Å². The number of rotatable bonds is 5. The van der Waals surface area contributed by atoms with Crippen LogP contribution in [0.2, 0.25) is 0 Å². The van der Waals surface area contributed by atoms with Crippen LogP contribution in [0.1, 0.15) is 30.9 Å². The molecule has 1 atom stereocenters. The van der Waals surface area contributed by atoms with Crippen LogP contribution < -0.4 is 0 Å². The average Bonchev–Trinajstić information content (AvgIpc) is 3.04. The van der Waals surface area contributed by atoms with Crippen molar-refractivity contribution in [2.75, 3.05) is 0 Å². The normalized spacial score (nSPS) is 19.0. The van der Waals surface area contributed by atoms with Crippen LogP contribution in [0.5, 0.6) is 0 Å². The molecule has 1 heterocycles. The molecule has 134 valence electrons. The van der Waals surface area contributed by atoms with Gasteiger partial charge in [-0.1, -0.05) is 30.3 Å². The predicted octanol–water partition coefficient (Wildman–Crippen LogP) is 3.34. The molecular weight excluding hydrogens is 342 g/mol. The molecule has 26 heavy (non-hydrogen) atoms. The van der Waals surface area contributed by atoms with Gasteiger partial charge in [0.25, 0.3) is 0 Å². The first-order chi connectivity index (χ1) is 12.5. The molecule has 2 aromatic rings. The van der Waals surface area contributed by atoms with E-state index in [1.807, 2.05) is 0 Å². The van der Waals surface area contributed by atoms with Gasteiger partial charge in [0.2, 0.25) is 17.5 Å². The largest absolute Gasteiger partial charge is 0.443 e. The molecule has 0 saturated heterocycles. The third-order valence-electron chi connectivity index (χ3n) is 4.08. The Kier molecular flexibility index (Phi) is 4.79. The van der Waals surface area contributed by atoms with Crippen LogP contribution in [0, 0.1) is 11.6 Å². The minimum absolute atomic E-state index is 0.0904. The number of carbonyl (C=O) groups is 2. The standard InChI is InChI=1S/C19H16F2N2O3/c1-13(25)23-19(10-5-11-24,14-6-3-2-4-7-14)26-18(22-23)16-12-15(20)8-9-17(16)21/h2-4,6-9,11-12H,5,10H2,1H3. The van der Waals surface area contributed by atoms with Crippen molar-refractivity contribution in [2.24, 2.45) is 5.10 Å². The average molecular weight is 358 g/mol. The van der Waals surface area contributed by atoms with E-state index in [2.05, 4.69) is 5.10 Å². The number of amides is 1. The Bertz CT molecular complexity index is 870. The number of aldehydes is 1. The van der Waals surface area contributed by atoms with Crippen molar-refractivity contribution >= 4 is 18.1 Å². The zero-order chi connectivity index (χ0) is 18.7. The van der Waals surface area contributed by atoms with E-state index in [4.69, 9.17) is 4.74 Å². The van der Waals surface area contributed by atoms with Crippen molar-refractivity contribution in [3.63, 3.8) is 0 Å². The van der Waals surface area contributed by atoms with E-state index in [0.717, 1.165) is 23.2 Å². The first-order valence-corrected chi connectivity index (χ1v) is 8.01. The molecular formula is C19H16F2N2O3. The van der Waals surface area contributed by atoms with Crippen molar-refractivity contribution in [2.45, 2.75) is 25.5 Å². The van der Waals surface area contributed by atoms with E-state index >= 15 is 0 Å². The zero-order valence-electron chi connectivity index (χ0n) is 14.0. The highest BCUT2D eigenvalue weighted by Crippen LogP contribution is 2.40. The lowest BCUT2D eigenvalue weighted by molar-refractivity contribution is -0.151. The molecule has 0 aliphatic carbocycles. The quantitative estimate of drug-likeness (QED) is 0.771. The Hall–Kier alpha value is -3.09. The van der Waals surface area contributed by atoms with Crippen LogP contribution in [0.15, 0.2) is 53.6 Å². The van der Waals surface area contributed by atoms with Crippen molar-refractivity contribution in [1.82, 2.24) is 5.01 Å². The maximum absolute atomic E-state index is 14.2. The Labute approximate surface area is 148 Å². The molecule has 0 N–H and O–H groups in total. The van der Waals surface area contributed by atoms with Crippen LogP contribution in [0.3, 0.4) is 0 Å². The van der Waals surface area contributed by atoms with Gasteiger partial charge in [-0.25, -0.2) is 8.78 Å². The van der Waals surface area contributed by atoms with Crippen LogP contribution >= 0.6 is 0 Å². The smallest absolute Gasteiger partial charge is 0.244 e. The van der Waals surface area contributed by atoms with Gasteiger partial charge in [-0.2, -0.15) is 5.01 Å². The third-order valence-corrected chi connectivity index (χ3v) is 4.08. The number of benzene rings is 2. The highest BCUT2D eigenvalue weighted by Gasteiger charge is 2.48. The molecule has 1 unspecified atom stereocenters. The maximum Gasteiger partial charge on any atom is 0.244 e. The van der Waals surface area contributed by atoms with Crippen LogP contribution in [0.4, 0.5) is 8.78 Å². The number of ether oxygens (including phenoxy) is 1. The molecule has 7 heteroatoms. The first kappa shape index (κ1) is 17.7. The van der Waals surface area contributed by atoms with Gasteiger partial charge in [0.05, 0.1) is 5.56 Å².